The lowest BCUT2D eigenvalue weighted by Gasteiger charge is -2.32. The highest BCUT2D eigenvalue weighted by molar-refractivity contribution is 5.93. The third-order valence-corrected chi connectivity index (χ3v) is 4.44. The average Bonchev–Trinajstić information content (AvgIpc) is 2.62. The summed E-state index contributed by atoms with van der Waals surface area (Å²) < 4.78 is 0. The number of nitrogens with one attached hydrogen (secondary N) is 1. The highest BCUT2D eigenvalue weighted by atomic mass is 16.2. The third kappa shape index (κ3) is 4.28. The lowest BCUT2D eigenvalue weighted by molar-refractivity contribution is 0.0658. The molecule has 2 aromatic rings. The first-order valence-corrected chi connectivity index (χ1v) is 8.51. The first-order valence-electron chi connectivity index (χ1n) is 8.51. The molecule has 1 saturated heterocycles. The molecule has 6 heteroatoms. The van der Waals surface area contributed by atoms with E-state index in [2.05, 4.69) is 39.3 Å². The van der Waals surface area contributed by atoms with Crippen LogP contribution in [0.15, 0.2) is 42.6 Å². The van der Waals surface area contributed by atoms with Crippen molar-refractivity contribution in [3.05, 3.63) is 48.3 Å². The monoisotopic (exact) mass is 339 g/mol. The molecule has 1 aliphatic rings. The number of likely N-dealkylation sites (N-methyl/N-ethyl adjacent to an activating group) is 1. The molecule has 0 aliphatic carbocycles. The van der Waals surface area contributed by atoms with Gasteiger partial charge in [0, 0.05) is 63.5 Å². The summed E-state index contributed by atoms with van der Waals surface area (Å²) >= 11 is 0. The summed E-state index contributed by atoms with van der Waals surface area (Å²) in [6.07, 6.45) is 1.68. The summed E-state index contributed by atoms with van der Waals surface area (Å²) in [5.41, 5.74) is 3.48. The van der Waals surface area contributed by atoms with E-state index in [1.807, 2.05) is 43.3 Å². The number of benzene rings is 1. The van der Waals surface area contributed by atoms with Crippen LogP contribution in [0, 0.1) is 0 Å². The molecule has 0 spiro atoms. The second-order valence-corrected chi connectivity index (χ2v) is 6.59. The van der Waals surface area contributed by atoms with Gasteiger partial charge in [-0.05, 0) is 43.4 Å². The normalized spacial score (nSPS) is 15.1. The molecule has 0 unspecified atom stereocenters. The summed E-state index contributed by atoms with van der Waals surface area (Å²) in [4.78, 5) is 23.1. The minimum atomic E-state index is -0.000272. The molecule has 6 nitrogen and oxygen atoms in total. The fourth-order valence-corrected chi connectivity index (χ4v) is 2.81. The van der Waals surface area contributed by atoms with Crippen LogP contribution in [-0.4, -0.2) is 68.0 Å². The largest absolute Gasteiger partial charge is 0.378 e. The maximum absolute atomic E-state index is 12.6. The Bertz CT molecular complexity index is 721. The Hall–Kier alpha value is -2.60. The summed E-state index contributed by atoms with van der Waals surface area (Å²) in [6, 6.07) is 11.9. The van der Waals surface area contributed by atoms with Crippen LogP contribution in [0.2, 0.25) is 0 Å². The first-order chi connectivity index (χ1) is 12.0. The zero-order valence-corrected chi connectivity index (χ0v) is 15.1. The standard InChI is InChI=1S/C19H25N5O/c1-22(2)17-6-4-15(5-7-17)21-16-8-9-20-18(14-16)19(25)24-12-10-23(3)11-13-24/h4-9,14H,10-13H2,1-3H3,(H,20,21). The van der Waals surface area contributed by atoms with Gasteiger partial charge in [-0.15, -0.1) is 0 Å². The van der Waals surface area contributed by atoms with E-state index in [1.165, 1.54) is 0 Å². The maximum atomic E-state index is 12.6. The number of carbonyl (C=O) groups is 1. The number of piperazine rings is 1. The number of hydrogen-bond acceptors (Lipinski definition) is 5. The van der Waals surface area contributed by atoms with Crippen molar-refractivity contribution in [2.45, 2.75) is 0 Å². The predicted octanol–water partition coefficient (Wildman–Crippen LogP) is 2.28. The topological polar surface area (TPSA) is 51.7 Å². The fourth-order valence-electron chi connectivity index (χ4n) is 2.81. The summed E-state index contributed by atoms with van der Waals surface area (Å²) in [5.74, 6) is -0.000272. The van der Waals surface area contributed by atoms with E-state index in [9.17, 15) is 4.79 Å². The molecule has 3 rings (SSSR count). The van der Waals surface area contributed by atoms with Gasteiger partial charge in [0.15, 0.2) is 0 Å². The smallest absolute Gasteiger partial charge is 0.272 e. The molecule has 1 N–H and O–H groups in total. The van der Waals surface area contributed by atoms with Gasteiger partial charge in [-0.25, -0.2) is 0 Å². The Morgan fingerprint density at radius 1 is 1.04 bits per heavy atom. The molecule has 1 amide bonds. The van der Waals surface area contributed by atoms with Gasteiger partial charge in [0.2, 0.25) is 0 Å². The van der Waals surface area contributed by atoms with Crippen molar-refractivity contribution in [1.29, 1.82) is 0 Å². The van der Waals surface area contributed by atoms with Crippen molar-refractivity contribution in [3.8, 4) is 0 Å². The number of anilines is 3. The average molecular weight is 339 g/mol. The zero-order valence-electron chi connectivity index (χ0n) is 15.1. The van der Waals surface area contributed by atoms with Crippen LogP contribution in [0.25, 0.3) is 0 Å². The van der Waals surface area contributed by atoms with Crippen molar-refractivity contribution in [3.63, 3.8) is 0 Å². The van der Waals surface area contributed by atoms with Crippen LogP contribution in [0.3, 0.4) is 0 Å². The number of amides is 1. The Kier molecular flexibility index (Phi) is 5.19. The Morgan fingerprint density at radius 2 is 1.72 bits per heavy atom. The van der Waals surface area contributed by atoms with E-state index >= 15 is 0 Å². The maximum Gasteiger partial charge on any atom is 0.272 e. The van der Waals surface area contributed by atoms with Gasteiger partial charge in [-0.2, -0.15) is 0 Å². The highest BCUT2D eigenvalue weighted by Crippen LogP contribution is 2.20. The van der Waals surface area contributed by atoms with E-state index in [1.54, 1.807) is 6.20 Å². The van der Waals surface area contributed by atoms with Gasteiger partial charge < -0.3 is 20.0 Å². The quantitative estimate of drug-likeness (QED) is 0.926. The molecular formula is C19H25N5O. The van der Waals surface area contributed by atoms with Crippen molar-refractivity contribution in [2.24, 2.45) is 0 Å². The molecule has 0 bridgehead atoms. The molecule has 2 heterocycles. The second kappa shape index (κ2) is 7.53. The van der Waals surface area contributed by atoms with Crippen LogP contribution in [0.4, 0.5) is 17.1 Å². The lowest BCUT2D eigenvalue weighted by Crippen LogP contribution is -2.47. The van der Waals surface area contributed by atoms with Crippen LogP contribution in [0.5, 0.6) is 0 Å². The minimum Gasteiger partial charge on any atom is -0.378 e. The van der Waals surface area contributed by atoms with E-state index in [0.717, 1.165) is 43.2 Å². The number of nitrogens with zero attached hydrogens (tertiary/aromatic N) is 4. The molecule has 0 saturated carbocycles. The molecule has 1 fully saturated rings. The first kappa shape index (κ1) is 17.2. The van der Waals surface area contributed by atoms with E-state index in [-0.39, 0.29) is 5.91 Å². The van der Waals surface area contributed by atoms with Crippen molar-refractivity contribution in [1.82, 2.24) is 14.8 Å². The SMILES string of the molecule is CN1CCN(C(=O)c2cc(Nc3ccc(N(C)C)cc3)ccn2)CC1. The van der Waals surface area contributed by atoms with Gasteiger partial charge in [0.1, 0.15) is 5.69 Å². The van der Waals surface area contributed by atoms with Crippen LogP contribution in [0.1, 0.15) is 10.5 Å². The summed E-state index contributed by atoms with van der Waals surface area (Å²) in [6.45, 7) is 3.31. The van der Waals surface area contributed by atoms with E-state index in [0.29, 0.717) is 5.69 Å². The van der Waals surface area contributed by atoms with Crippen LogP contribution in [-0.2, 0) is 0 Å². The van der Waals surface area contributed by atoms with Crippen molar-refractivity contribution >= 4 is 23.0 Å². The number of carbonyl (C=O) groups excluding carboxylic acids is 1. The van der Waals surface area contributed by atoms with Gasteiger partial charge in [-0.3, -0.25) is 9.78 Å². The molecule has 25 heavy (non-hydrogen) atoms. The van der Waals surface area contributed by atoms with Gasteiger partial charge in [0.05, 0.1) is 0 Å². The fraction of sp³-hybridized carbons (Fsp3) is 0.368. The predicted molar refractivity (Wildman–Crippen MR) is 102 cm³/mol. The molecule has 0 atom stereocenters. The minimum absolute atomic E-state index is 0.000272. The van der Waals surface area contributed by atoms with Crippen LogP contribution >= 0.6 is 0 Å². The highest BCUT2D eigenvalue weighted by Gasteiger charge is 2.21. The molecule has 0 radical (unpaired) electrons. The molecular weight excluding hydrogens is 314 g/mol. The molecule has 1 aromatic heterocycles. The zero-order chi connectivity index (χ0) is 17.8. The number of aromatic nitrogens is 1. The molecule has 132 valence electrons. The lowest BCUT2D eigenvalue weighted by atomic mass is 10.2. The number of rotatable bonds is 4. The van der Waals surface area contributed by atoms with Crippen LogP contribution < -0.4 is 10.2 Å². The van der Waals surface area contributed by atoms with E-state index < -0.39 is 0 Å². The number of pyridine rings is 1. The van der Waals surface area contributed by atoms with Gasteiger partial charge in [-0.1, -0.05) is 0 Å². The van der Waals surface area contributed by atoms with Crippen molar-refractivity contribution < 1.29 is 4.79 Å². The Labute approximate surface area is 149 Å². The summed E-state index contributed by atoms with van der Waals surface area (Å²) in [5, 5.41) is 3.34. The summed E-state index contributed by atoms with van der Waals surface area (Å²) in [7, 11) is 6.11. The third-order valence-electron chi connectivity index (χ3n) is 4.44. The number of hydrogen-bond donors (Lipinski definition) is 1. The Balaban J connectivity index is 1.69. The van der Waals surface area contributed by atoms with Crippen molar-refractivity contribution in [2.75, 3.05) is 57.5 Å². The second-order valence-electron chi connectivity index (χ2n) is 6.59. The van der Waals surface area contributed by atoms with Gasteiger partial charge in [0.25, 0.3) is 5.91 Å². The van der Waals surface area contributed by atoms with E-state index in [4.69, 9.17) is 0 Å². The Morgan fingerprint density at radius 3 is 2.36 bits per heavy atom. The van der Waals surface area contributed by atoms with Gasteiger partial charge >= 0.3 is 0 Å². The molecule has 1 aliphatic heterocycles. The molecule has 1 aromatic carbocycles.